The SMILES string of the molecule is C=CC(=C)c1nc(C2(c3ccc(Cl)cc3Cl)CC2)no1. The van der Waals surface area contributed by atoms with Gasteiger partial charge in [0.25, 0.3) is 5.89 Å². The van der Waals surface area contributed by atoms with Crippen LogP contribution in [0.15, 0.2) is 42.0 Å². The second kappa shape index (κ2) is 4.76. The molecule has 2 aromatic rings. The maximum absolute atomic E-state index is 6.30. The first-order valence-electron chi connectivity index (χ1n) is 6.18. The van der Waals surface area contributed by atoms with Crippen LogP contribution in [0, 0.1) is 0 Å². The third-order valence-corrected chi connectivity index (χ3v) is 4.12. The van der Waals surface area contributed by atoms with E-state index in [1.807, 2.05) is 12.1 Å². The van der Waals surface area contributed by atoms with Crippen LogP contribution in [-0.4, -0.2) is 10.1 Å². The van der Waals surface area contributed by atoms with Crippen molar-refractivity contribution in [1.82, 2.24) is 10.1 Å². The van der Waals surface area contributed by atoms with Crippen molar-refractivity contribution >= 4 is 28.8 Å². The Morgan fingerprint density at radius 3 is 2.70 bits per heavy atom. The Balaban J connectivity index is 2.02. The number of hydrogen-bond donors (Lipinski definition) is 0. The number of benzene rings is 1. The molecule has 1 heterocycles. The van der Waals surface area contributed by atoms with Crippen LogP contribution >= 0.6 is 23.2 Å². The molecular formula is C15H12Cl2N2O. The number of allylic oxidation sites excluding steroid dienone is 2. The van der Waals surface area contributed by atoms with Gasteiger partial charge in [-0.1, -0.05) is 53.7 Å². The molecule has 0 unspecified atom stereocenters. The van der Waals surface area contributed by atoms with E-state index in [1.54, 1.807) is 12.1 Å². The number of halogens is 2. The summed E-state index contributed by atoms with van der Waals surface area (Å²) in [5.74, 6) is 1.03. The molecule has 20 heavy (non-hydrogen) atoms. The van der Waals surface area contributed by atoms with Gasteiger partial charge in [0.2, 0.25) is 0 Å². The third-order valence-electron chi connectivity index (χ3n) is 3.57. The molecule has 0 radical (unpaired) electrons. The average Bonchev–Trinajstić information content (AvgIpc) is 3.07. The molecule has 0 atom stereocenters. The van der Waals surface area contributed by atoms with Crippen LogP contribution in [0.4, 0.5) is 0 Å². The lowest BCUT2D eigenvalue weighted by atomic mass is 9.95. The van der Waals surface area contributed by atoms with Crippen LogP contribution < -0.4 is 0 Å². The van der Waals surface area contributed by atoms with E-state index >= 15 is 0 Å². The van der Waals surface area contributed by atoms with E-state index in [0.717, 1.165) is 18.4 Å². The Morgan fingerprint density at radius 2 is 2.10 bits per heavy atom. The summed E-state index contributed by atoms with van der Waals surface area (Å²) in [7, 11) is 0. The summed E-state index contributed by atoms with van der Waals surface area (Å²) < 4.78 is 5.23. The Bertz CT molecular complexity index is 702. The van der Waals surface area contributed by atoms with Gasteiger partial charge in [-0.15, -0.1) is 0 Å². The average molecular weight is 307 g/mol. The van der Waals surface area contributed by atoms with E-state index < -0.39 is 0 Å². The molecule has 1 aromatic heterocycles. The van der Waals surface area contributed by atoms with Crippen molar-refractivity contribution in [2.24, 2.45) is 0 Å². The van der Waals surface area contributed by atoms with Gasteiger partial charge in [-0.2, -0.15) is 4.98 Å². The standard InChI is InChI=1S/C15H12Cl2N2O/c1-3-9(2)13-18-14(19-20-13)15(6-7-15)11-5-4-10(16)8-12(11)17/h3-5,8H,1-2,6-7H2. The second-order valence-electron chi connectivity index (χ2n) is 4.86. The van der Waals surface area contributed by atoms with Gasteiger partial charge in [-0.05, 0) is 30.5 Å². The molecule has 0 N–H and O–H groups in total. The minimum Gasteiger partial charge on any atom is -0.334 e. The predicted octanol–water partition coefficient (Wildman–Crippen LogP) is 4.66. The van der Waals surface area contributed by atoms with Crippen molar-refractivity contribution < 1.29 is 4.52 Å². The van der Waals surface area contributed by atoms with Gasteiger partial charge in [0.05, 0.1) is 5.41 Å². The molecule has 5 heteroatoms. The van der Waals surface area contributed by atoms with Gasteiger partial charge in [-0.25, -0.2) is 0 Å². The van der Waals surface area contributed by atoms with Crippen molar-refractivity contribution in [3.05, 3.63) is 64.8 Å². The minimum atomic E-state index is -0.259. The topological polar surface area (TPSA) is 38.9 Å². The highest BCUT2D eigenvalue weighted by Crippen LogP contribution is 2.54. The van der Waals surface area contributed by atoms with Crippen LogP contribution in [0.3, 0.4) is 0 Å². The quantitative estimate of drug-likeness (QED) is 0.771. The van der Waals surface area contributed by atoms with Crippen LogP contribution in [0.2, 0.25) is 10.0 Å². The van der Waals surface area contributed by atoms with E-state index in [9.17, 15) is 0 Å². The smallest absolute Gasteiger partial charge is 0.257 e. The molecule has 1 aliphatic rings. The Labute approximate surface area is 126 Å². The molecule has 1 saturated carbocycles. The molecule has 1 fully saturated rings. The van der Waals surface area contributed by atoms with Gasteiger partial charge < -0.3 is 4.52 Å². The first-order valence-corrected chi connectivity index (χ1v) is 6.94. The molecule has 3 nitrogen and oxygen atoms in total. The van der Waals surface area contributed by atoms with Crippen LogP contribution in [0.1, 0.15) is 30.1 Å². The molecule has 0 amide bonds. The number of nitrogens with zero attached hydrogens (tertiary/aromatic N) is 2. The van der Waals surface area contributed by atoms with E-state index in [-0.39, 0.29) is 5.41 Å². The zero-order chi connectivity index (χ0) is 14.3. The maximum Gasteiger partial charge on any atom is 0.257 e. The van der Waals surface area contributed by atoms with Crippen LogP contribution in [-0.2, 0) is 5.41 Å². The molecule has 0 saturated heterocycles. The van der Waals surface area contributed by atoms with Crippen molar-refractivity contribution in [3.8, 4) is 0 Å². The van der Waals surface area contributed by atoms with Crippen molar-refractivity contribution in [3.63, 3.8) is 0 Å². The lowest BCUT2D eigenvalue weighted by Crippen LogP contribution is -2.11. The number of aromatic nitrogens is 2. The summed E-state index contributed by atoms with van der Waals surface area (Å²) in [6.45, 7) is 7.45. The van der Waals surface area contributed by atoms with Crippen LogP contribution in [0.5, 0.6) is 0 Å². The number of rotatable bonds is 4. The fourth-order valence-electron chi connectivity index (χ4n) is 2.25. The molecule has 0 aliphatic heterocycles. The first kappa shape index (κ1) is 13.4. The maximum atomic E-state index is 6.30. The highest BCUT2D eigenvalue weighted by Gasteiger charge is 2.51. The van der Waals surface area contributed by atoms with Gasteiger partial charge in [0.1, 0.15) is 0 Å². The van der Waals surface area contributed by atoms with E-state index in [0.29, 0.717) is 27.3 Å². The Morgan fingerprint density at radius 1 is 1.35 bits per heavy atom. The summed E-state index contributed by atoms with van der Waals surface area (Å²) in [4.78, 5) is 4.41. The van der Waals surface area contributed by atoms with Crippen molar-refractivity contribution in [2.75, 3.05) is 0 Å². The highest BCUT2D eigenvalue weighted by molar-refractivity contribution is 6.35. The zero-order valence-electron chi connectivity index (χ0n) is 10.7. The molecule has 1 aliphatic carbocycles. The summed E-state index contributed by atoms with van der Waals surface area (Å²) in [6, 6.07) is 5.49. The van der Waals surface area contributed by atoms with Crippen molar-refractivity contribution in [2.45, 2.75) is 18.3 Å². The lowest BCUT2D eigenvalue weighted by molar-refractivity contribution is 0.397. The summed E-state index contributed by atoms with van der Waals surface area (Å²) in [5.41, 5.74) is 1.34. The second-order valence-corrected chi connectivity index (χ2v) is 5.70. The molecule has 0 bridgehead atoms. The third kappa shape index (κ3) is 2.07. The van der Waals surface area contributed by atoms with E-state index in [4.69, 9.17) is 27.7 Å². The summed E-state index contributed by atoms with van der Waals surface area (Å²) >= 11 is 12.2. The molecule has 0 spiro atoms. The Kier molecular flexibility index (Phi) is 3.19. The minimum absolute atomic E-state index is 0.259. The lowest BCUT2D eigenvalue weighted by Gasteiger charge is -2.13. The monoisotopic (exact) mass is 306 g/mol. The van der Waals surface area contributed by atoms with E-state index in [2.05, 4.69) is 23.3 Å². The molecular weight excluding hydrogens is 295 g/mol. The van der Waals surface area contributed by atoms with Gasteiger partial charge in [0, 0.05) is 15.6 Å². The number of hydrogen-bond acceptors (Lipinski definition) is 3. The molecule has 3 rings (SSSR count). The normalized spacial score (nSPS) is 15.9. The zero-order valence-corrected chi connectivity index (χ0v) is 12.2. The van der Waals surface area contributed by atoms with E-state index in [1.165, 1.54) is 0 Å². The highest BCUT2D eigenvalue weighted by atomic mass is 35.5. The fourth-order valence-corrected chi connectivity index (χ4v) is 2.84. The predicted molar refractivity (Wildman–Crippen MR) is 80.0 cm³/mol. The summed E-state index contributed by atoms with van der Waals surface area (Å²) in [5, 5.41) is 5.32. The summed E-state index contributed by atoms with van der Waals surface area (Å²) in [6.07, 6.45) is 3.47. The van der Waals surface area contributed by atoms with Gasteiger partial charge in [-0.3, -0.25) is 0 Å². The Hall–Kier alpha value is -1.58. The molecule has 1 aromatic carbocycles. The van der Waals surface area contributed by atoms with Crippen molar-refractivity contribution in [1.29, 1.82) is 0 Å². The van der Waals surface area contributed by atoms with Gasteiger partial charge >= 0.3 is 0 Å². The van der Waals surface area contributed by atoms with Gasteiger partial charge in [0.15, 0.2) is 5.82 Å². The first-order chi connectivity index (χ1) is 9.56. The van der Waals surface area contributed by atoms with Crippen LogP contribution in [0.25, 0.3) is 5.57 Å². The molecule has 102 valence electrons. The fraction of sp³-hybridized carbons (Fsp3) is 0.200. The largest absolute Gasteiger partial charge is 0.334 e.